The maximum absolute atomic E-state index is 10.8. The van der Waals surface area contributed by atoms with Gasteiger partial charge in [-0.2, -0.15) is 0 Å². The summed E-state index contributed by atoms with van der Waals surface area (Å²) in [6, 6.07) is 13.1. The van der Waals surface area contributed by atoms with Crippen LogP contribution in [0.5, 0.6) is 5.75 Å². The first-order valence-electron chi connectivity index (χ1n) is 5.75. The van der Waals surface area contributed by atoms with Crippen molar-refractivity contribution in [1.29, 1.82) is 0 Å². The molecular weight excluding hydrogens is 264 g/mol. The lowest BCUT2D eigenvalue weighted by atomic mass is 10.0. The van der Waals surface area contributed by atoms with Gasteiger partial charge in [0.25, 0.3) is 0 Å². The van der Waals surface area contributed by atoms with Crippen molar-refractivity contribution in [2.24, 2.45) is 0 Å². The molecule has 0 aliphatic heterocycles. The van der Waals surface area contributed by atoms with Gasteiger partial charge >= 0.3 is 5.97 Å². The Bertz CT molecular complexity index is 594. The fraction of sp³-hybridized carbons (Fsp3) is 0.133. The van der Waals surface area contributed by atoms with E-state index in [0.717, 1.165) is 11.1 Å². The van der Waals surface area contributed by atoms with Crippen LogP contribution in [0, 0.1) is 0 Å². The SMILES string of the molecule is COc1cc(-c2ccccc2)c(Cl)cc1CC(=O)O. The average molecular weight is 277 g/mol. The number of rotatable bonds is 4. The summed E-state index contributed by atoms with van der Waals surface area (Å²) in [5, 5.41) is 9.38. The van der Waals surface area contributed by atoms with Gasteiger partial charge in [-0.05, 0) is 17.7 Å². The number of halogens is 1. The third-order valence-corrected chi connectivity index (χ3v) is 3.11. The van der Waals surface area contributed by atoms with Crippen molar-refractivity contribution in [3.8, 4) is 16.9 Å². The number of hydrogen-bond donors (Lipinski definition) is 1. The van der Waals surface area contributed by atoms with E-state index in [-0.39, 0.29) is 6.42 Å². The quantitative estimate of drug-likeness (QED) is 0.927. The van der Waals surface area contributed by atoms with E-state index < -0.39 is 5.97 Å². The van der Waals surface area contributed by atoms with Gasteiger partial charge < -0.3 is 9.84 Å². The maximum Gasteiger partial charge on any atom is 0.307 e. The summed E-state index contributed by atoms with van der Waals surface area (Å²) >= 11 is 6.23. The molecule has 0 aliphatic carbocycles. The Hall–Kier alpha value is -2.00. The number of ether oxygens (including phenoxy) is 1. The summed E-state index contributed by atoms with van der Waals surface area (Å²) in [5.41, 5.74) is 2.36. The molecule has 0 aliphatic rings. The zero-order valence-electron chi connectivity index (χ0n) is 10.4. The van der Waals surface area contributed by atoms with Crippen LogP contribution in [0.2, 0.25) is 5.02 Å². The Kier molecular flexibility index (Phi) is 4.07. The van der Waals surface area contributed by atoms with E-state index in [1.165, 1.54) is 7.11 Å². The summed E-state index contributed by atoms with van der Waals surface area (Å²) < 4.78 is 5.24. The molecule has 0 saturated carbocycles. The van der Waals surface area contributed by atoms with Gasteiger partial charge in [-0.25, -0.2) is 0 Å². The molecule has 2 aromatic carbocycles. The predicted molar refractivity (Wildman–Crippen MR) is 74.8 cm³/mol. The Morgan fingerprint density at radius 1 is 1.26 bits per heavy atom. The van der Waals surface area contributed by atoms with E-state index in [4.69, 9.17) is 21.4 Å². The highest BCUT2D eigenvalue weighted by molar-refractivity contribution is 6.33. The second-order valence-corrected chi connectivity index (χ2v) is 4.49. The molecule has 0 heterocycles. The monoisotopic (exact) mass is 276 g/mol. The fourth-order valence-corrected chi connectivity index (χ4v) is 2.22. The highest BCUT2D eigenvalue weighted by Gasteiger charge is 2.13. The van der Waals surface area contributed by atoms with Gasteiger partial charge in [0.15, 0.2) is 0 Å². The molecule has 2 aromatic rings. The van der Waals surface area contributed by atoms with Crippen LogP contribution in [0.1, 0.15) is 5.56 Å². The number of carbonyl (C=O) groups is 1. The van der Waals surface area contributed by atoms with E-state index >= 15 is 0 Å². The zero-order valence-corrected chi connectivity index (χ0v) is 11.1. The van der Waals surface area contributed by atoms with E-state index in [9.17, 15) is 4.79 Å². The smallest absolute Gasteiger partial charge is 0.307 e. The lowest BCUT2D eigenvalue weighted by Crippen LogP contribution is -2.02. The number of benzene rings is 2. The van der Waals surface area contributed by atoms with E-state index in [1.54, 1.807) is 12.1 Å². The number of carboxylic acids is 1. The molecule has 19 heavy (non-hydrogen) atoms. The lowest BCUT2D eigenvalue weighted by Gasteiger charge is -2.11. The minimum absolute atomic E-state index is 0.113. The molecule has 98 valence electrons. The number of carboxylic acid groups (broad SMARTS) is 1. The van der Waals surface area contributed by atoms with Crippen LogP contribution in [0.3, 0.4) is 0 Å². The number of hydrogen-bond acceptors (Lipinski definition) is 2. The Labute approximate surface area is 116 Å². The molecular formula is C15H13ClO3. The second kappa shape index (κ2) is 5.76. The van der Waals surface area contributed by atoms with Crippen molar-refractivity contribution < 1.29 is 14.6 Å². The normalized spacial score (nSPS) is 10.2. The van der Waals surface area contributed by atoms with E-state index in [2.05, 4.69) is 0 Å². The van der Waals surface area contributed by atoms with Crippen LogP contribution in [0.4, 0.5) is 0 Å². The molecule has 0 fully saturated rings. The molecule has 0 spiro atoms. The standard InChI is InChI=1S/C15H13ClO3/c1-19-14-9-12(10-5-3-2-4-6-10)13(16)7-11(14)8-15(17)18/h2-7,9H,8H2,1H3,(H,17,18). The molecule has 0 amide bonds. The van der Waals surface area contributed by atoms with Gasteiger partial charge in [0.05, 0.1) is 13.5 Å². The predicted octanol–water partition coefficient (Wildman–Crippen LogP) is 3.64. The van der Waals surface area contributed by atoms with Crippen molar-refractivity contribution in [2.75, 3.05) is 7.11 Å². The van der Waals surface area contributed by atoms with Gasteiger partial charge in [-0.15, -0.1) is 0 Å². The number of aliphatic carboxylic acids is 1. The summed E-state index contributed by atoms with van der Waals surface area (Å²) in [6.07, 6.45) is -0.113. The summed E-state index contributed by atoms with van der Waals surface area (Å²) in [4.78, 5) is 10.8. The first-order chi connectivity index (χ1) is 9.11. The molecule has 0 atom stereocenters. The van der Waals surface area contributed by atoms with Crippen LogP contribution >= 0.6 is 11.6 Å². The summed E-state index contributed by atoms with van der Waals surface area (Å²) in [5.74, 6) is -0.382. The zero-order chi connectivity index (χ0) is 13.8. The minimum atomic E-state index is -0.915. The van der Waals surface area contributed by atoms with Crippen LogP contribution in [-0.4, -0.2) is 18.2 Å². The Morgan fingerprint density at radius 3 is 2.53 bits per heavy atom. The molecule has 0 bridgehead atoms. The average Bonchev–Trinajstić information content (AvgIpc) is 2.39. The summed E-state index contributed by atoms with van der Waals surface area (Å²) in [7, 11) is 1.52. The van der Waals surface area contributed by atoms with Crippen LogP contribution in [0.25, 0.3) is 11.1 Å². The van der Waals surface area contributed by atoms with Gasteiger partial charge in [0.1, 0.15) is 5.75 Å². The lowest BCUT2D eigenvalue weighted by molar-refractivity contribution is -0.136. The molecule has 0 aromatic heterocycles. The fourth-order valence-electron chi connectivity index (χ4n) is 1.92. The van der Waals surface area contributed by atoms with Crippen molar-refractivity contribution in [3.05, 3.63) is 53.1 Å². The van der Waals surface area contributed by atoms with Crippen molar-refractivity contribution in [2.45, 2.75) is 6.42 Å². The molecule has 1 N–H and O–H groups in total. The van der Waals surface area contributed by atoms with Crippen molar-refractivity contribution >= 4 is 17.6 Å². The summed E-state index contributed by atoms with van der Waals surface area (Å²) in [6.45, 7) is 0. The van der Waals surface area contributed by atoms with Crippen molar-refractivity contribution in [1.82, 2.24) is 0 Å². The van der Waals surface area contributed by atoms with Crippen LogP contribution in [0.15, 0.2) is 42.5 Å². The topological polar surface area (TPSA) is 46.5 Å². The molecule has 2 rings (SSSR count). The van der Waals surface area contributed by atoms with Gasteiger partial charge in [-0.3, -0.25) is 4.79 Å². The van der Waals surface area contributed by atoms with Crippen LogP contribution < -0.4 is 4.74 Å². The Balaban J connectivity index is 2.50. The first-order valence-corrected chi connectivity index (χ1v) is 6.13. The van der Waals surface area contributed by atoms with Crippen LogP contribution in [-0.2, 0) is 11.2 Å². The van der Waals surface area contributed by atoms with E-state index in [0.29, 0.717) is 16.3 Å². The Morgan fingerprint density at radius 2 is 1.95 bits per heavy atom. The van der Waals surface area contributed by atoms with Gasteiger partial charge in [-0.1, -0.05) is 41.9 Å². The maximum atomic E-state index is 10.8. The van der Waals surface area contributed by atoms with Gasteiger partial charge in [0.2, 0.25) is 0 Å². The van der Waals surface area contributed by atoms with Gasteiger partial charge in [0, 0.05) is 16.1 Å². The largest absolute Gasteiger partial charge is 0.496 e. The minimum Gasteiger partial charge on any atom is -0.496 e. The second-order valence-electron chi connectivity index (χ2n) is 4.08. The highest BCUT2D eigenvalue weighted by Crippen LogP contribution is 2.34. The molecule has 4 heteroatoms. The third-order valence-electron chi connectivity index (χ3n) is 2.80. The van der Waals surface area contributed by atoms with Crippen molar-refractivity contribution in [3.63, 3.8) is 0 Å². The molecule has 0 radical (unpaired) electrons. The molecule has 3 nitrogen and oxygen atoms in total. The first kappa shape index (κ1) is 13.4. The molecule has 0 unspecified atom stereocenters. The van der Waals surface area contributed by atoms with E-state index in [1.807, 2.05) is 30.3 Å². The number of methoxy groups -OCH3 is 1. The third kappa shape index (κ3) is 3.06. The molecule has 0 saturated heterocycles. The highest BCUT2D eigenvalue weighted by atomic mass is 35.5.